The molecular weight excluding hydrogens is 286 g/mol. The first kappa shape index (κ1) is 17.9. The average molecular weight is 301 g/mol. The maximum atomic E-state index is 10.7. The van der Waals surface area contributed by atoms with Crippen molar-refractivity contribution in [1.29, 1.82) is 0 Å². The van der Waals surface area contributed by atoms with Crippen LogP contribution >= 0.6 is 0 Å². The van der Waals surface area contributed by atoms with E-state index in [1.54, 1.807) is 0 Å². The summed E-state index contributed by atoms with van der Waals surface area (Å²) in [4.78, 5) is 21.3. The molecule has 0 unspecified atom stereocenters. The van der Waals surface area contributed by atoms with Crippen molar-refractivity contribution in [2.45, 2.75) is 31.3 Å². The van der Waals surface area contributed by atoms with E-state index in [4.69, 9.17) is 4.55 Å². The summed E-state index contributed by atoms with van der Waals surface area (Å²) in [7, 11) is -4.82. The maximum Gasteiger partial charge on any atom is 0.397 e. The summed E-state index contributed by atoms with van der Waals surface area (Å²) in [5.74, 6) is -0.660. The molecule has 0 aromatic carbocycles. The van der Waals surface area contributed by atoms with E-state index in [2.05, 4.69) is 4.18 Å². The largest absolute Gasteiger partial charge is 0.397 e. The SMILES string of the molecule is CC(=O)N[C@@H](C=O)[C@@H](O)[C@H](O)[C@H](O)COS(=O)(=O)O. The van der Waals surface area contributed by atoms with E-state index in [0.29, 0.717) is 0 Å². The van der Waals surface area contributed by atoms with E-state index >= 15 is 0 Å². The molecular formula is C8H15NO9S. The van der Waals surface area contributed by atoms with Gasteiger partial charge in [0.2, 0.25) is 5.91 Å². The number of nitrogens with one attached hydrogen (secondary N) is 1. The molecule has 0 aromatic rings. The van der Waals surface area contributed by atoms with Crippen LogP contribution in [0.5, 0.6) is 0 Å². The quantitative estimate of drug-likeness (QED) is 0.226. The normalized spacial score (nSPS) is 18.2. The highest BCUT2D eigenvalue weighted by Gasteiger charge is 2.32. The summed E-state index contributed by atoms with van der Waals surface area (Å²) in [6, 6.07) is -1.49. The lowest BCUT2D eigenvalue weighted by atomic mass is 10.0. The van der Waals surface area contributed by atoms with Crippen molar-refractivity contribution < 1.29 is 42.1 Å². The molecule has 19 heavy (non-hydrogen) atoms. The summed E-state index contributed by atoms with van der Waals surface area (Å²) in [5.41, 5.74) is 0. The molecule has 5 N–H and O–H groups in total. The van der Waals surface area contributed by atoms with Crippen molar-refractivity contribution in [3.8, 4) is 0 Å². The Labute approximate surface area is 109 Å². The number of carbonyl (C=O) groups excluding carboxylic acids is 2. The molecule has 0 rings (SSSR count). The molecule has 11 heteroatoms. The van der Waals surface area contributed by atoms with Crippen LogP contribution in [0.25, 0.3) is 0 Å². The number of aldehydes is 1. The molecule has 0 aliphatic heterocycles. The van der Waals surface area contributed by atoms with Crippen molar-refractivity contribution >= 4 is 22.6 Å². The van der Waals surface area contributed by atoms with Crippen LogP contribution in [0.15, 0.2) is 0 Å². The second kappa shape index (κ2) is 7.47. The predicted molar refractivity (Wildman–Crippen MR) is 59.2 cm³/mol. The third-order valence-electron chi connectivity index (χ3n) is 2.02. The molecule has 0 aliphatic rings. The Kier molecular flexibility index (Phi) is 7.04. The van der Waals surface area contributed by atoms with Gasteiger partial charge in [0.1, 0.15) is 30.6 Å². The van der Waals surface area contributed by atoms with Crippen LogP contribution in [0.3, 0.4) is 0 Å². The van der Waals surface area contributed by atoms with Gasteiger partial charge in [-0.15, -0.1) is 0 Å². The average Bonchev–Trinajstić information content (AvgIpc) is 2.29. The van der Waals surface area contributed by atoms with Gasteiger partial charge in [-0.3, -0.25) is 9.35 Å². The second-order valence-corrected chi connectivity index (χ2v) is 4.71. The molecule has 0 radical (unpaired) electrons. The molecule has 0 heterocycles. The van der Waals surface area contributed by atoms with Crippen LogP contribution in [0.2, 0.25) is 0 Å². The maximum absolute atomic E-state index is 10.7. The molecule has 0 saturated heterocycles. The fourth-order valence-corrected chi connectivity index (χ4v) is 1.44. The zero-order valence-electron chi connectivity index (χ0n) is 9.83. The highest BCUT2D eigenvalue weighted by atomic mass is 32.3. The Morgan fingerprint density at radius 2 is 1.84 bits per heavy atom. The molecule has 0 aromatic heterocycles. The molecule has 0 saturated carbocycles. The first-order chi connectivity index (χ1) is 8.58. The molecule has 4 atom stereocenters. The Morgan fingerprint density at radius 3 is 2.21 bits per heavy atom. The van der Waals surface area contributed by atoms with E-state index in [1.807, 2.05) is 5.32 Å². The van der Waals surface area contributed by atoms with E-state index in [-0.39, 0.29) is 6.29 Å². The van der Waals surface area contributed by atoms with E-state index in [0.717, 1.165) is 6.92 Å². The Morgan fingerprint density at radius 1 is 1.32 bits per heavy atom. The zero-order valence-corrected chi connectivity index (χ0v) is 10.6. The number of rotatable bonds is 8. The molecule has 112 valence electrons. The van der Waals surface area contributed by atoms with Crippen LogP contribution in [-0.2, 0) is 24.2 Å². The second-order valence-electron chi connectivity index (χ2n) is 3.62. The molecule has 0 aliphatic carbocycles. The third kappa shape index (κ3) is 7.15. The van der Waals surface area contributed by atoms with Crippen molar-refractivity contribution in [3.63, 3.8) is 0 Å². The van der Waals surface area contributed by atoms with Gasteiger partial charge in [-0.1, -0.05) is 0 Å². The van der Waals surface area contributed by atoms with Gasteiger partial charge in [-0.05, 0) is 0 Å². The minimum atomic E-state index is -4.82. The van der Waals surface area contributed by atoms with Crippen molar-refractivity contribution in [2.24, 2.45) is 0 Å². The number of hydrogen-bond donors (Lipinski definition) is 5. The summed E-state index contributed by atoms with van der Waals surface area (Å²) in [6.07, 6.45) is -5.65. The predicted octanol–water partition coefficient (Wildman–Crippen LogP) is -3.41. The number of aliphatic hydroxyl groups is 3. The van der Waals surface area contributed by atoms with Gasteiger partial charge in [-0.2, -0.15) is 8.42 Å². The van der Waals surface area contributed by atoms with Crippen LogP contribution in [-0.4, -0.2) is 71.4 Å². The van der Waals surface area contributed by atoms with Gasteiger partial charge >= 0.3 is 10.4 Å². The summed E-state index contributed by atoms with van der Waals surface area (Å²) < 4.78 is 32.5. The Hall–Kier alpha value is -1.11. The van der Waals surface area contributed by atoms with Crippen LogP contribution in [0.4, 0.5) is 0 Å². The molecule has 0 spiro atoms. The minimum Gasteiger partial charge on any atom is -0.388 e. The number of carbonyl (C=O) groups is 2. The first-order valence-electron chi connectivity index (χ1n) is 4.97. The van der Waals surface area contributed by atoms with E-state index in [9.17, 15) is 33.3 Å². The lowest BCUT2D eigenvalue weighted by molar-refractivity contribution is -0.129. The van der Waals surface area contributed by atoms with Gasteiger partial charge in [0, 0.05) is 6.92 Å². The first-order valence-corrected chi connectivity index (χ1v) is 6.33. The highest BCUT2D eigenvalue weighted by Crippen LogP contribution is 2.06. The van der Waals surface area contributed by atoms with Crippen molar-refractivity contribution in [3.05, 3.63) is 0 Å². The zero-order chi connectivity index (χ0) is 15.2. The topological polar surface area (TPSA) is 170 Å². The Bertz CT molecular complexity index is 408. The fraction of sp³-hybridized carbons (Fsp3) is 0.750. The van der Waals surface area contributed by atoms with Crippen LogP contribution in [0.1, 0.15) is 6.92 Å². The smallest absolute Gasteiger partial charge is 0.388 e. The summed E-state index contributed by atoms with van der Waals surface area (Å²) in [6.45, 7) is 0.0240. The molecule has 0 bridgehead atoms. The summed E-state index contributed by atoms with van der Waals surface area (Å²) >= 11 is 0. The molecule has 0 fully saturated rings. The molecule has 1 amide bonds. The summed E-state index contributed by atoms with van der Waals surface area (Å²) in [5, 5.41) is 30.2. The van der Waals surface area contributed by atoms with Crippen LogP contribution < -0.4 is 5.32 Å². The molecule has 10 nitrogen and oxygen atoms in total. The fourth-order valence-electron chi connectivity index (χ4n) is 1.13. The lowest BCUT2D eigenvalue weighted by Crippen LogP contribution is -2.53. The minimum absolute atomic E-state index is 0.131. The highest BCUT2D eigenvalue weighted by molar-refractivity contribution is 7.80. The van der Waals surface area contributed by atoms with Crippen molar-refractivity contribution in [2.75, 3.05) is 6.61 Å². The number of amides is 1. The van der Waals surface area contributed by atoms with E-state index in [1.165, 1.54) is 0 Å². The number of aliphatic hydroxyl groups excluding tert-OH is 3. The van der Waals surface area contributed by atoms with Gasteiger partial charge < -0.3 is 25.4 Å². The lowest BCUT2D eigenvalue weighted by Gasteiger charge is -2.26. The third-order valence-corrected chi connectivity index (χ3v) is 2.45. The monoisotopic (exact) mass is 301 g/mol. The Balaban J connectivity index is 4.55. The van der Waals surface area contributed by atoms with Gasteiger partial charge in [-0.25, -0.2) is 4.18 Å². The van der Waals surface area contributed by atoms with Gasteiger partial charge in [0.25, 0.3) is 0 Å². The van der Waals surface area contributed by atoms with Gasteiger partial charge in [0.15, 0.2) is 0 Å². The van der Waals surface area contributed by atoms with Crippen LogP contribution in [0, 0.1) is 0 Å². The van der Waals surface area contributed by atoms with Gasteiger partial charge in [0.05, 0.1) is 6.61 Å². The standard InChI is InChI=1S/C8H15NO9S/c1-4(11)9-5(2-10)7(13)8(14)6(12)3-18-19(15,16)17/h2,5-8,12-14H,3H2,1H3,(H,9,11)(H,15,16,17)/t5-,6+,7+,8+/m0/s1. The van der Waals surface area contributed by atoms with E-state index < -0.39 is 47.3 Å². The van der Waals surface area contributed by atoms with Crippen molar-refractivity contribution in [1.82, 2.24) is 5.32 Å². The number of hydrogen-bond acceptors (Lipinski definition) is 8.